The Morgan fingerprint density at radius 2 is 1.13 bits per heavy atom. The summed E-state index contributed by atoms with van der Waals surface area (Å²) in [6.45, 7) is 0. The van der Waals surface area contributed by atoms with Crippen LogP contribution < -0.4 is 24.8 Å². The summed E-state index contributed by atoms with van der Waals surface area (Å²) in [5.41, 5.74) is 6.86. The first-order valence-corrected chi connectivity index (χ1v) is 15.6. The van der Waals surface area contributed by atoms with Crippen molar-refractivity contribution in [3.8, 4) is 23.0 Å². The van der Waals surface area contributed by atoms with Crippen LogP contribution in [-0.2, 0) is 25.7 Å². The van der Waals surface area contributed by atoms with Crippen LogP contribution in [0.4, 0.5) is 0 Å². The molecule has 0 aromatic heterocycles. The largest absolute Gasteiger partial charge is 0.508 e. The van der Waals surface area contributed by atoms with Crippen molar-refractivity contribution in [3.63, 3.8) is 0 Å². The molecule has 4 aliphatic rings. The van der Waals surface area contributed by atoms with Crippen molar-refractivity contribution >= 4 is 47.6 Å². The van der Waals surface area contributed by atoms with Crippen molar-refractivity contribution in [1.29, 1.82) is 0 Å². The molecule has 0 amide bonds. The van der Waals surface area contributed by atoms with Gasteiger partial charge < -0.3 is 30.0 Å². The Morgan fingerprint density at radius 3 is 1.76 bits per heavy atom. The molecule has 4 aromatic rings. The van der Waals surface area contributed by atoms with Crippen molar-refractivity contribution in [3.05, 3.63) is 117 Å². The summed E-state index contributed by atoms with van der Waals surface area (Å²) in [5, 5.41) is 16.2. The lowest BCUT2D eigenvalue weighted by molar-refractivity contribution is 0.465. The van der Waals surface area contributed by atoms with Gasteiger partial charge in [0.15, 0.2) is 0 Å². The zero-order valence-corrected chi connectivity index (χ0v) is 25.7. The van der Waals surface area contributed by atoms with E-state index in [1.807, 2.05) is 48.5 Å². The summed E-state index contributed by atoms with van der Waals surface area (Å²) >= 11 is 12.6. The van der Waals surface area contributed by atoms with Crippen LogP contribution in [0.25, 0.3) is 0 Å². The number of hydrogen-bond donors (Lipinski definition) is 3. The van der Waals surface area contributed by atoms with Gasteiger partial charge in [-0.15, -0.1) is 4.99 Å². The van der Waals surface area contributed by atoms with Crippen LogP contribution in [0.3, 0.4) is 0 Å². The third kappa shape index (κ3) is 5.50. The van der Waals surface area contributed by atoms with E-state index >= 15 is 0 Å². The highest BCUT2D eigenvalue weighted by Gasteiger charge is 2.27. The molecule has 2 atom stereocenters. The molecule has 2 heterocycles. The van der Waals surface area contributed by atoms with Gasteiger partial charge in [0.2, 0.25) is 11.2 Å². The second kappa shape index (κ2) is 11.7. The van der Waals surface area contributed by atoms with Crippen molar-refractivity contribution < 1.29 is 19.3 Å². The molecule has 0 saturated carbocycles. The number of fused-ring (bicyclic) bond motifs is 4. The van der Waals surface area contributed by atoms with Crippen LogP contribution in [0, 0.1) is 0 Å². The second-order valence-electron chi connectivity index (χ2n) is 11.1. The molecule has 2 aliphatic carbocycles. The fraction of sp³-hybridized carbons (Fsp3) is 0.176. The van der Waals surface area contributed by atoms with E-state index in [4.69, 9.17) is 37.4 Å². The predicted molar refractivity (Wildman–Crippen MR) is 177 cm³/mol. The first kappa shape index (κ1) is 28.4. The monoisotopic (exact) mass is 652 g/mol. The summed E-state index contributed by atoms with van der Waals surface area (Å²) in [4.78, 5) is 17.3. The maximum Gasteiger partial charge on any atom is 0.325 e. The molecule has 0 bridgehead atoms. The minimum absolute atomic E-state index is 0.0665. The summed E-state index contributed by atoms with van der Waals surface area (Å²) in [5.74, 6) is 2.15. The lowest BCUT2D eigenvalue weighted by atomic mass is 9.85. The predicted octanol–water partition coefficient (Wildman–Crippen LogP) is 5.57. The Labute approximate surface area is 274 Å². The molecular weight excluding hydrogens is 627 g/mol. The molecule has 0 saturated heterocycles. The summed E-state index contributed by atoms with van der Waals surface area (Å²) in [7, 11) is 0. The highest BCUT2D eigenvalue weighted by atomic mass is 35.5. The van der Waals surface area contributed by atoms with Gasteiger partial charge in [-0.05, 0) is 59.4 Å². The number of aliphatic imine (C=N–C) groups is 4. The van der Waals surface area contributed by atoms with Gasteiger partial charge in [0, 0.05) is 35.1 Å². The first-order valence-electron chi connectivity index (χ1n) is 14.7. The third-order valence-electron chi connectivity index (χ3n) is 8.29. The van der Waals surface area contributed by atoms with Crippen LogP contribution in [0.15, 0.2) is 92.8 Å². The highest BCUT2D eigenvalue weighted by molar-refractivity contribution is 6.22. The zero-order chi connectivity index (χ0) is 31.2. The number of phenols is 1. The first-order chi connectivity index (χ1) is 22.5. The molecule has 46 heavy (non-hydrogen) atoms. The molecule has 8 rings (SSSR count). The van der Waals surface area contributed by atoms with Gasteiger partial charge in [0.05, 0.1) is 6.34 Å². The van der Waals surface area contributed by atoms with E-state index in [9.17, 15) is 5.11 Å². The van der Waals surface area contributed by atoms with Crippen LogP contribution in [0.1, 0.15) is 44.5 Å². The Hall–Kier alpha value is -5.06. The molecule has 0 spiro atoms. The highest BCUT2D eigenvalue weighted by Crippen LogP contribution is 2.39. The number of benzene rings is 4. The van der Waals surface area contributed by atoms with Crippen LogP contribution in [-0.4, -0.2) is 40.8 Å². The van der Waals surface area contributed by atoms with Gasteiger partial charge in [-0.2, -0.15) is 15.0 Å². The van der Waals surface area contributed by atoms with Gasteiger partial charge in [0.25, 0.3) is 0 Å². The van der Waals surface area contributed by atoms with Crippen molar-refractivity contribution in [2.24, 2.45) is 20.0 Å². The number of ether oxygens (including phenoxy) is 3. The number of halogens is 2. The summed E-state index contributed by atoms with van der Waals surface area (Å²) < 4.78 is 18.6. The van der Waals surface area contributed by atoms with E-state index in [-0.39, 0.29) is 23.8 Å². The van der Waals surface area contributed by atoms with Gasteiger partial charge in [-0.3, -0.25) is 0 Å². The number of nitrogens with zero attached hydrogens (tertiary/aromatic N) is 4. The normalized spacial score (nSPS) is 19.0. The Kier molecular flexibility index (Phi) is 7.23. The van der Waals surface area contributed by atoms with Gasteiger partial charge >= 0.3 is 18.1 Å². The average molecular weight is 654 g/mol. The fourth-order valence-electron chi connectivity index (χ4n) is 6.13. The molecule has 230 valence electrons. The lowest BCUT2D eigenvalue weighted by Gasteiger charge is -2.25. The number of alkyl halides is 2. The molecule has 0 radical (unpaired) electrons. The smallest absolute Gasteiger partial charge is 0.325 e. The van der Waals surface area contributed by atoms with E-state index in [1.54, 1.807) is 6.07 Å². The number of nitrogens with one attached hydrogen (secondary N) is 2. The van der Waals surface area contributed by atoms with Crippen LogP contribution in [0.5, 0.6) is 23.0 Å². The number of aromatic hydroxyl groups is 1. The van der Waals surface area contributed by atoms with Gasteiger partial charge in [0.1, 0.15) is 23.0 Å². The topological polar surface area (TPSA) is 121 Å². The van der Waals surface area contributed by atoms with Crippen LogP contribution >= 0.6 is 23.2 Å². The quantitative estimate of drug-likeness (QED) is 0.170. The molecular formula is C34H26Cl2N6O4. The molecule has 0 unspecified atom stereocenters. The molecule has 2 aliphatic heterocycles. The molecule has 0 fully saturated rings. The van der Waals surface area contributed by atoms with E-state index in [0.29, 0.717) is 42.9 Å². The maximum atomic E-state index is 10.5. The third-order valence-corrected chi connectivity index (χ3v) is 8.72. The number of phenolic OH excluding ortho intramolecular Hbond substituents is 1. The van der Waals surface area contributed by atoms with E-state index in [1.165, 1.54) is 6.34 Å². The van der Waals surface area contributed by atoms with E-state index in [2.05, 4.69) is 48.8 Å². The molecule has 3 N–H and O–H groups in total. The molecule has 10 nitrogen and oxygen atoms in total. The minimum Gasteiger partial charge on any atom is -0.508 e. The molecule has 12 heteroatoms. The van der Waals surface area contributed by atoms with Crippen LogP contribution in [0.2, 0.25) is 0 Å². The fourth-order valence-corrected chi connectivity index (χ4v) is 6.45. The summed E-state index contributed by atoms with van der Waals surface area (Å²) in [6.07, 6.45) is 3.94. The Morgan fingerprint density at radius 1 is 0.609 bits per heavy atom. The maximum absolute atomic E-state index is 10.5. The number of amidine groups is 3. The van der Waals surface area contributed by atoms with Gasteiger partial charge in [-0.25, -0.2) is 0 Å². The Balaban J connectivity index is 1.05. The minimum atomic E-state index is -0.857. The Bertz CT molecular complexity index is 2010. The molecule has 4 aromatic carbocycles. The standard InChI is InChI=1S/C34H26Cl2N6O4/c35-30-37-17-38-32(39-30)44-27-10-2-7-20-14-21-8-4-12-29(25(21)16-24(20)27)46-34-41-31(36)40-33(42-34)45-28-11-3-6-19-13-18-5-1-9-26(43)22(18)15-23(19)28/h1-12,17,30-31,43H,13-16H2,(H,37,38,39)(H,40,41,42)/t30-,31-/m0/s1. The van der Waals surface area contributed by atoms with Crippen molar-refractivity contribution in [2.45, 2.75) is 36.9 Å². The number of hydrogen-bond acceptors (Lipinski definition) is 10. The van der Waals surface area contributed by atoms with E-state index in [0.717, 1.165) is 44.5 Å². The zero-order valence-electron chi connectivity index (χ0n) is 24.2. The number of rotatable bonds is 3. The van der Waals surface area contributed by atoms with Crippen molar-refractivity contribution in [1.82, 2.24) is 10.6 Å². The lowest BCUT2D eigenvalue weighted by Crippen LogP contribution is -2.39. The second-order valence-corrected chi connectivity index (χ2v) is 11.9. The van der Waals surface area contributed by atoms with Crippen molar-refractivity contribution in [2.75, 3.05) is 0 Å². The van der Waals surface area contributed by atoms with Gasteiger partial charge in [-0.1, -0.05) is 71.7 Å². The summed E-state index contributed by atoms with van der Waals surface area (Å²) in [6, 6.07) is 23.8. The SMILES string of the molecule is Oc1cccc2c1Cc1c(cccc1OC1=NC(Oc3cccc4c3Cc3c(cccc3OC3=N[C@@H](Cl)NC=N3)C4)=N[C@@H](Cl)N1)C2. The van der Waals surface area contributed by atoms with E-state index < -0.39 is 11.2 Å². The average Bonchev–Trinajstić information content (AvgIpc) is 3.04.